The minimum absolute atomic E-state index is 0.0554. The fourth-order valence-electron chi connectivity index (χ4n) is 5.03. The molecule has 172 valence electrons. The number of hydrogen-bond donors (Lipinski definition) is 1. The van der Waals surface area contributed by atoms with Crippen molar-refractivity contribution < 1.29 is 9.59 Å². The summed E-state index contributed by atoms with van der Waals surface area (Å²) >= 11 is 0. The molecule has 1 atom stereocenters. The standard InChI is InChI=1S/C25H35N5O2/c1-28(21-9-3-2-4-10-21)15-7-13-27-24(31)18-23(29-17-14-26-19-29)25(32)30-16-12-20-8-5-6-11-22(20)30/h5-6,8,11,14,17,19,21,23H,2-4,7,9-10,12-13,15-16,18H2,1H3,(H,27,31)/t23-/m0/s1. The van der Waals surface area contributed by atoms with E-state index in [-0.39, 0.29) is 18.2 Å². The fourth-order valence-corrected chi connectivity index (χ4v) is 5.03. The highest BCUT2D eigenvalue weighted by molar-refractivity contribution is 6.00. The molecule has 0 unspecified atom stereocenters. The molecule has 32 heavy (non-hydrogen) atoms. The van der Waals surface area contributed by atoms with E-state index in [9.17, 15) is 9.59 Å². The van der Waals surface area contributed by atoms with Crippen molar-refractivity contribution in [2.75, 3.05) is 31.6 Å². The molecule has 0 radical (unpaired) electrons. The lowest BCUT2D eigenvalue weighted by Gasteiger charge is -2.31. The lowest BCUT2D eigenvalue weighted by atomic mass is 9.94. The lowest BCUT2D eigenvalue weighted by molar-refractivity contribution is -0.128. The first kappa shape index (κ1) is 22.5. The molecule has 1 saturated carbocycles. The molecule has 2 aromatic rings. The summed E-state index contributed by atoms with van der Waals surface area (Å²) in [5.41, 5.74) is 2.13. The Kier molecular flexibility index (Phi) is 7.58. The van der Waals surface area contributed by atoms with Gasteiger partial charge in [0.2, 0.25) is 5.91 Å². The number of carbonyl (C=O) groups is 2. The Bertz CT molecular complexity index is 891. The van der Waals surface area contributed by atoms with Crippen LogP contribution < -0.4 is 10.2 Å². The second-order valence-corrected chi connectivity index (χ2v) is 9.07. The number of imidazole rings is 1. The molecule has 0 bridgehead atoms. The average Bonchev–Trinajstić information content (AvgIpc) is 3.50. The Hall–Kier alpha value is -2.67. The topological polar surface area (TPSA) is 70.5 Å². The predicted octanol–water partition coefficient (Wildman–Crippen LogP) is 3.17. The Morgan fingerprint density at radius 1 is 1.22 bits per heavy atom. The third-order valence-corrected chi connectivity index (χ3v) is 6.91. The Morgan fingerprint density at radius 2 is 2.03 bits per heavy atom. The van der Waals surface area contributed by atoms with Gasteiger partial charge < -0.3 is 19.7 Å². The quantitative estimate of drug-likeness (QED) is 0.612. The van der Waals surface area contributed by atoms with Gasteiger partial charge in [-0.15, -0.1) is 0 Å². The van der Waals surface area contributed by atoms with Crippen LogP contribution in [0.2, 0.25) is 0 Å². The highest BCUT2D eigenvalue weighted by Crippen LogP contribution is 2.30. The summed E-state index contributed by atoms with van der Waals surface area (Å²) in [4.78, 5) is 34.5. The number of fused-ring (bicyclic) bond motifs is 1. The smallest absolute Gasteiger partial charge is 0.250 e. The summed E-state index contributed by atoms with van der Waals surface area (Å²) in [5.74, 6) is -0.148. The van der Waals surface area contributed by atoms with E-state index in [2.05, 4.69) is 28.3 Å². The third kappa shape index (κ3) is 5.38. The van der Waals surface area contributed by atoms with Gasteiger partial charge in [-0.3, -0.25) is 9.59 Å². The van der Waals surface area contributed by atoms with Crippen molar-refractivity contribution in [2.24, 2.45) is 0 Å². The van der Waals surface area contributed by atoms with Gasteiger partial charge in [-0.05, 0) is 50.9 Å². The highest BCUT2D eigenvalue weighted by Gasteiger charge is 2.32. The summed E-state index contributed by atoms with van der Waals surface area (Å²) in [6.07, 6.45) is 13.5. The number of benzene rings is 1. The number of para-hydroxylation sites is 1. The number of carbonyl (C=O) groups excluding carboxylic acids is 2. The first-order valence-electron chi connectivity index (χ1n) is 12.0. The maximum atomic E-state index is 13.4. The average molecular weight is 438 g/mol. The molecule has 1 aromatic carbocycles. The van der Waals surface area contributed by atoms with Gasteiger partial charge in [0.05, 0.1) is 12.7 Å². The van der Waals surface area contributed by atoms with Crippen LogP contribution in [0.3, 0.4) is 0 Å². The van der Waals surface area contributed by atoms with Crippen molar-refractivity contribution in [1.82, 2.24) is 19.8 Å². The molecule has 1 aliphatic carbocycles. The number of hydrogen-bond acceptors (Lipinski definition) is 4. The number of nitrogens with zero attached hydrogens (tertiary/aromatic N) is 4. The van der Waals surface area contributed by atoms with Crippen molar-refractivity contribution in [2.45, 2.75) is 63.5 Å². The van der Waals surface area contributed by atoms with Crippen LogP contribution in [-0.2, 0) is 16.0 Å². The van der Waals surface area contributed by atoms with Crippen LogP contribution in [0.15, 0.2) is 43.0 Å². The normalized spacial score (nSPS) is 17.4. The summed E-state index contributed by atoms with van der Waals surface area (Å²) in [5, 5.41) is 3.03. The summed E-state index contributed by atoms with van der Waals surface area (Å²) in [6.45, 7) is 2.27. The number of aromatic nitrogens is 2. The number of rotatable bonds is 9. The molecule has 1 fully saturated rings. The van der Waals surface area contributed by atoms with E-state index < -0.39 is 6.04 Å². The van der Waals surface area contributed by atoms with Crippen LogP contribution in [0.25, 0.3) is 0 Å². The Morgan fingerprint density at radius 3 is 2.81 bits per heavy atom. The van der Waals surface area contributed by atoms with Crippen molar-refractivity contribution in [3.63, 3.8) is 0 Å². The van der Waals surface area contributed by atoms with Crippen LogP contribution in [0.5, 0.6) is 0 Å². The van der Waals surface area contributed by atoms with Crippen LogP contribution >= 0.6 is 0 Å². The maximum Gasteiger partial charge on any atom is 0.250 e. The molecular formula is C25H35N5O2. The Balaban J connectivity index is 1.30. The largest absolute Gasteiger partial charge is 0.356 e. The van der Waals surface area contributed by atoms with Crippen LogP contribution in [0, 0.1) is 0 Å². The molecular weight excluding hydrogens is 402 g/mol. The van der Waals surface area contributed by atoms with Crippen molar-refractivity contribution >= 4 is 17.5 Å². The monoisotopic (exact) mass is 437 g/mol. The zero-order valence-corrected chi connectivity index (χ0v) is 19.1. The highest BCUT2D eigenvalue weighted by atomic mass is 16.2. The zero-order chi connectivity index (χ0) is 22.3. The van der Waals surface area contributed by atoms with Crippen molar-refractivity contribution in [3.8, 4) is 0 Å². The van der Waals surface area contributed by atoms with Gasteiger partial charge in [0.1, 0.15) is 6.04 Å². The molecule has 1 aliphatic heterocycles. The van der Waals surface area contributed by atoms with E-state index in [1.54, 1.807) is 23.3 Å². The van der Waals surface area contributed by atoms with Crippen molar-refractivity contribution in [1.29, 1.82) is 0 Å². The van der Waals surface area contributed by atoms with Gasteiger partial charge in [0.25, 0.3) is 5.91 Å². The maximum absolute atomic E-state index is 13.4. The second-order valence-electron chi connectivity index (χ2n) is 9.07. The lowest BCUT2D eigenvalue weighted by Crippen LogP contribution is -2.39. The molecule has 7 heteroatoms. The van der Waals surface area contributed by atoms with Gasteiger partial charge in [0.15, 0.2) is 0 Å². The molecule has 2 aliphatic rings. The van der Waals surface area contributed by atoms with E-state index in [0.29, 0.717) is 19.1 Å². The summed E-state index contributed by atoms with van der Waals surface area (Å²) in [7, 11) is 2.19. The van der Waals surface area contributed by atoms with Gasteiger partial charge >= 0.3 is 0 Å². The van der Waals surface area contributed by atoms with E-state index >= 15 is 0 Å². The van der Waals surface area contributed by atoms with Gasteiger partial charge in [0, 0.05) is 37.2 Å². The molecule has 0 saturated heterocycles. The third-order valence-electron chi connectivity index (χ3n) is 6.91. The van der Waals surface area contributed by atoms with Gasteiger partial charge in [-0.1, -0.05) is 37.5 Å². The molecule has 4 rings (SSSR count). The summed E-state index contributed by atoms with van der Waals surface area (Å²) < 4.78 is 1.75. The van der Waals surface area contributed by atoms with E-state index in [1.165, 1.54) is 37.7 Å². The minimum atomic E-state index is -0.589. The van der Waals surface area contributed by atoms with E-state index in [1.807, 2.05) is 23.1 Å². The van der Waals surface area contributed by atoms with Crippen molar-refractivity contribution in [3.05, 3.63) is 48.5 Å². The SMILES string of the molecule is CN(CCCNC(=O)C[C@@H](C(=O)N1CCc2ccccc21)n1ccnc1)C1CCCCC1. The Labute approximate surface area is 190 Å². The van der Waals surface area contributed by atoms with Crippen LogP contribution in [-0.4, -0.2) is 59.0 Å². The van der Waals surface area contributed by atoms with E-state index in [4.69, 9.17) is 0 Å². The molecule has 1 N–H and O–H groups in total. The second kappa shape index (κ2) is 10.8. The molecule has 1 aromatic heterocycles. The number of amides is 2. The van der Waals surface area contributed by atoms with E-state index in [0.717, 1.165) is 25.1 Å². The van der Waals surface area contributed by atoms with Crippen LogP contribution in [0.4, 0.5) is 5.69 Å². The van der Waals surface area contributed by atoms with Gasteiger partial charge in [-0.25, -0.2) is 4.98 Å². The van der Waals surface area contributed by atoms with Crippen LogP contribution in [0.1, 0.15) is 56.6 Å². The van der Waals surface area contributed by atoms with Gasteiger partial charge in [-0.2, -0.15) is 0 Å². The summed E-state index contributed by atoms with van der Waals surface area (Å²) in [6, 6.07) is 8.09. The molecule has 2 heterocycles. The number of nitrogens with one attached hydrogen (secondary N) is 1. The molecule has 2 amide bonds. The zero-order valence-electron chi connectivity index (χ0n) is 19.1. The first-order chi connectivity index (χ1) is 15.6. The predicted molar refractivity (Wildman–Crippen MR) is 126 cm³/mol. The minimum Gasteiger partial charge on any atom is -0.356 e. The number of anilines is 1. The molecule has 0 spiro atoms. The fraction of sp³-hybridized carbons (Fsp3) is 0.560. The molecule has 7 nitrogen and oxygen atoms in total. The first-order valence-corrected chi connectivity index (χ1v) is 12.0.